The Kier molecular flexibility index (Phi) is 9.65. The van der Waals surface area contributed by atoms with Crippen LogP contribution in [0.4, 0.5) is 24.5 Å². The Morgan fingerprint density at radius 2 is 1.67 bits per heavy atom. The lowest BCUT2D eigenvalue weighted by Gasteiger charge is -2.34. The fourth-order valence-corrected chi connectivity index (χ4v) is 4.89. The molecule has 2 aromatic carbocycles. The molecule has 3 N–H and O–H groups in total. The Morgan fingerprint density at radius 1 is 1.05 bits per heavy atom. The van der Waals surface area contributed by atoms with Crippen LogP contribution in [0.1, 0.15) is 5.56 Å². The van der Waals surface area contributed by atoms with Crippen LogP contribution in [-0.2, 0) is 9.59 Å². The fourth-order valence-electron chi connectivity index (χ4n) is 4.58. The molecule has 0 aliphatic carbocycles. The minimum absolute atomic E-state index is 0.0998. The summed E-state index contributed by atoms with van der Waals surface area (Å²) in [7, 11) is 2.16. The van der Waals surface area contributed by atoms with Gasteiger partial charge in [-0.05, 0) is 54.9 Å². The second-order valence-corrected chi connectivity index (χ2v) is 10.4. The number of alkyl halides is 4. The van der Waals surface area contributed by atoms with E-state index in [1.54, 1.807) is 12.3 Å². The number of nitrogens with one attached hydrogen (secondary N) is 2. The van der Waals surface area contributed by atoms with Crippen LogP contribution in [-0.4, -0.2) is 77.1 Å². The molecule has 1 aliphatic rings. The van der Waals surface area contributed by atoms with Crippen molar-refractivity contribution in [3.8, 4) is 22.4 Å². The summed E-state index contributed by atoms with van der Waals surface area (Å²) >= 11 is 12.4. The van der Waals surface area contributed by atoms with E-state index < -0.39 is 12.1 Å². The van der Waals surface area contributed by atoms with Gasteiger partial charge >= 0.3 is 12.1 Å². The Morgan fingerprint density at radius 3 is 2.26 bits per heavy atom. The first kappa shape index (κ1) is 31.1. The number of carboxylic acid groups (broad SMARTS) is 1. The topological polar surface area (TPSA) is 102 Å². The first-order valence-electron chi connectivity index (χ1n) is 12.9. The summed E-state index contributed by atoms with van der Waals surface area (Å²) in [6.45, 7) is 6.12. The summed E-state index contributed by atoms with van der Waals surface area (Å²) in [6.07, 6.45) is -3.38. The largest absolute Gasteiger partial charge is 0.490 e. The van der Waals surface area contributed by atoms with Gasteiger partial charge in [-0.1, -0.05) is 35.9 Å². The zero-order valence-electron chi connectivity index (χ0n) is 22.7. The van der Waals surface area contributed by atoms with Crippen molar-refractivity contribution in [2.45, 2.75) is 13.1 Å². The van der Waals surface area contributed by atoms with Gasteiger partial charge in [-0.3, -0.25) is 4.79 Å². The smallest absolute Gasteiger partial charge is 0.475 e. The first-order chi connectivity index (χ1) is 19.9. The minimum atomic E-state index is -5.08. The number of fused-ring (bicyclic) bond motifs is 1. The van der Waals surface area contributed by atoms with E-state index in [4.69, 9.17) is 33.1 Å². The molecule has 8 nitrogen and oxygen atoms in total. The molecule has 1 amide bonds. The minimum Gasteiger partial charge on any atom is -0.475 e. The van der Waals surface area contributed by atoms with Gasteiger partial charge in [-0.25, -0.2) is 9.78 Å². The standard InChI is InChI=1S/C27H27Cl2N5O.C2HF3O2/c1-17-3-4-19(15-22(17)31-23(35)16-28)24-25-21(29)9-10-30-27(25)32-26(24)18-5-7-20(8-6-18)34-13-11-33(2)12-14-34;3-2(4,5)1(6)7/h3-10,15H,11-14,16H2,1-2H3,(H,30,32)(H,31,35);(H,6,7). The highest BCUT2D eigenvalue weighted by atomic mass is 35.5. The van der Waals surface area contributed by atoms with Gasteiger partial charge in [0.05, 0.1) is 10.7 Å². The number of hydrogen-bond acceptors (Lipinski definition) is 5. The van der Waals surface area contributed by atoms with E-state index in [0.717, 1.165) is 70.8 Å². The summed E-state index contributed by atoms with van der Waals surface area (Å²) < 4.78 is 31.7. The van der Waals surface area contributed by atoms with E-state index in [9.17, 15) is 18.0 Å². The number of anilines is 2. The molecule has 4 aromatic rings. The van der Waals surface area contributed by atoms with Crippen molar-refractivity contribution in [2.24, 2.45) is 0 Å². The number of aryl methyl sites for hydroxylation is 1. The molecule has 1 fully saturated rings. The molecular weight excluding hydrogens is 594 g/mol. The monoisotopic (exact) mass is 621 g/mol. The summed E-state index contributed by atoms with van der Waals surface area (Å²) in [5, 5.41) is 11.5. The van der Waals surface area contributed by atoms with Crippen molar-refractivity contribution < 1.29 is 27.9 Å². The number of piperazine rings is 1. The van der Waals surface area contributed by atoms with Crippen molar-refractivity contribution in [1.82, 2.24) is 14.9 Å². The normalized spacial score (nSPS) is 13.9. The zero-order chi connectivity index (χ0) is 30.6. The number of aliphatic carboxylic acids is 1. The lowest BCUT2D eigenvalue weighted by Crippen LogP contribution is -2.44. The molecule has 0 unspecified atom stereocenters. The van der Waals surface area contributed by atoms with E-state index in [1.807, 2.05) is 25.1 Å². The summed E-state index contributed by atoms with van der Waals surface area (Å²) in [5.41, 5.74) is 7.47. The molecule has 1 aliphatic heterocycles. The number of aromatic nitrogens is 2. The quantitative estimate of drug-likeness (QED) is 0.222. The number of pyridine rings is 1. The average molecular weight is 622 g/mol. The molecule has 42 heavy (non-hydrogen) atoms. The molecular formula is C29H28Cl2F3N5O3. The number of carboxylic acids is 1. The van der Waals surface area contributed by atoms with E-state index in [1.165, 1.54) is 5.69 Å². The number of likely N-dealkylation sites (N-methyl/N-ethyl adjacent to an activating group) is 1. The maximum absolute atomic E-state index is 12.0. The number of aromatic amines is 1. The van der Waals surface area contributed by atoms with Gasteiger partial charge in [0.2, 0.25) is 5.91 Å². The fraction of sp³-hybridized carbons (Fsp3) is 0.276. The number of carbonyl (C=O) groups is 2. The lowest BCUT2D eigenvalue weighted by atomic mass is 9.97. The van der Waals surface area contributed by atoms with Crippen LogP contribution >= 0.6 is 23.2 Å². The maximum Gasteiger partial charge on any atom is 0.490 e. The van der Waals surface area contributed by atoms with Gasteiger partial charge in [-0.2, -0.15) is 13.2 Å². The van der Waals surface area contributed by atoms with Crippen molar-refractivity contribution in [3.63, 3.8) is 0 Å². The Hall–Kier alpha value is -3.80. The van der Waals surface area contributed by atoms with Crippen LogP contribution in [0, 0.1) is 6.92 Å². The number of carbonyl (C=O) groups excluding carboxylic acids is 1. The highest BCUT2D eigenvalue weighted by molar-refractivity contribution is 6.37. The van der Waals surface area contributed by atoms with Crippen molar-refractivity contribution in [1.29, 1.82) is 0 Å². The van der Waals surface area contributed by atoms with Gasteiger partial charge in [0.15, 0.2) is 0 Å². The van der Waals surface area contributed by atoms with E-state index in [-0.39, 0.29) is 11.8 Å². The highest BCUT2D eigenvalue weighted by Crippen LogP contribution is 2.42. The maximum atomic E-state index is 12.0. The third-order valence-electron chi connectivity index (χ3n) is 6.83. The first-order valence-corrected chi connectivity index (χ1v) is 13.8. The highest BCUT2D eigenvalue weighted by Gasteiger charge is 2.38. The second kappa shape index (κ2) is 13.0. The molecule has 0 atom stereocenters. The van der Waals surface area contributed by atoms with Crippen molar-refractivity contribution in [2.75, 3.05) is 49.3 Å². The van der Waals surface area contributed by atoms with Crippen LogP contribution in [0.5, 0.6) is 0 Å². The predicted octanol–water partition coefficient (Wildman–Crippen LogP) is 6.42. The molecule has 0 saturated carbocycles. The van der Waals surface area contributed by atoms with E-state index in [0.29, 0.717) is 5.02 Å². The molecule has 0 spiro atoms. The summed E-state index contributed by atoms with van der Waals surface area (Å²) in [4.78, 5) is 33.7. The molecule has 5 rings (SSSR count). The number of rotatable bonds is 5. The molecule has 0 radical (unpaired) electrons. The van der Waals surface area contributed by atoms with E-state index >= 15 is 0 Å². The van der Waals surface area contributed by atoms with Crippen LogP contribution in [0.25, 0.3) is 33.4 Å². The third kappa shape index (κ3) is 7.15. The number of hydrogen-bond donors (Lipinski definition) is 3. The van der Waals surface area contributed by atoms with Gasteiger partial charge < -0.3 is 25.2 Å². The van der Waals surface area contributed by atoms with Gasteiger partial charge in [0, 0.05) is 54.7 Å². The Bertz CT molecular complexity index is 1580. The second-order valence-electron chi connectivity index (χ2n) is 9.74. The van der Waals surface area contributed by atoms with Crippen molar-refractivity contribution >= 4 is 57.5 Å². The van der Waals surface area contributed by atoms with Gasteiger partial charge in [0.1, 0.15) is 11.5 Å². The Labute approximate surface area is 250 Å². The molecule has 13 heteroatoms. The lowest BCUT2D eigenvalue weighted by molar-refractivity contribution is -0.192. The SMILES string of the molecule is Cc1ccc(-c2c(-c3ccc(N4CCN(C)CC4)cc3)[nH]c3nccc(Cl)c23)cc1NC(=O)CCl.O=C(O)C(F)(F)F. The zero-order valence-corrected chi connectivity index (χ0v) is 24.2. The predicted molar refractivity (Wildman–Crippen MR) is 159 cm³/mol. The van der Waals surface area contributed by atoms with Crippen LogP contribution in [0.3, 0.4) is 0 Å². The Balaban J connectivity index is 0.000000517. The number of halogens is 5. The molecule has 2 aromatic heterocycles. The molecule has 1 saturated heterocycles. The number of H-pyrrole nitrogens is 1. The van der Waals surface area contributed by atoms with Crippen LogP contribution in [0.15, 0.2) is 54.7 Å². The number of nitrogens with zero attached hydrogens (tertiary/aromatic N) is 3. The average Bonchev–Trinajstić information content (AvgIpc) is 3.35. The van der Waals surface area contributed by atoms with E-state index in [2.05, 4.69) is 56.4 Å². The van der Waals surface area contributed by atoms with Crippen LogP contribution < -0.4 is 10.2 Å². The molecule has 3 heterocycles. The summed E-state index contributed by atoms with van der Waals surface area (Å²) in [6, 6.07) is 16.4. The van der Waals surface area contributed by atoms with Crippen LogP contribution in [0.2, 0.25) is 5.02 Å². The van der Waals surface area contributed by atoms with Crippen molar-refractivity contribution in [3.05, 3.63) is 65.3 Å². The molecule has 0 bridgehead atoms. The number of amides is 1. The summed E-state index contributed by atoms with van der Waals surface area (Å²) in [5.74, 6) is -3.10. The number of benzene rings is 2. The molecule has 222 valence electrons. The van der Waals surface area contributed by atoms with Gasteiger partial charge in [-0.15, -0.1) is 11.6 Å². The third-order valence-corrected chi connectivity index (χ3v) is 7.39. The van der Waals surface area contributed by atoms with Gasteiger partial charge in [0.25, 0.3) is 0 Å².